The van der Waals surface area contributed by atoms with Crippen LogP contribution in [-0.2, 0) is 12.8 Å². The molecule has 0 aliphatic rings. The van der Waals surface area contributed by atoms with Gasteiger partial charge < -0.3 is 9.47 Å². The predicted octanol–water partition coefficient (Wildman–Crippen LogP) is 18.8. The van der Waals surface area contributed by atoms with Gasteiger partial charge in [-0.15, -0.1) is 0 Å². The first-order chi connectivity index (χ1) is 33.9. The first-order valence-electron chi connectivity index (χ1n) is 26.6. The van der Waals surface area contributed by atoms with E-state index in [1.54, 1.807) is 42.8 Å². The van der Waals surface area contributed by atoms with Crippen LogP contribution < -0.4 is 9.47 Å². The van der Waals surface area contributed by atoms with E-state index in [0.29, 0.717) is 11.1 Å². The quantitative estimate of drug-likeness (QED) is 0.0178. The summed E-state index contributed by atoms with van der Waals surface area (Å²) in [5.41, 5.74) is 6.88. The molecule has 69 heavy (non-hydrogen) atoms. The van der Waals surface area contributed by atoms with Gasteiger partial charge in [-0.25, -0.2) is 9.59 Å². The summed E-state index contributed by atoms with van der Waals surface area (Å²) in [6.07, 6.45) is 38.4. The van der Waals surface area contributed by atoms with Crippen LogP contribution in [0.2, 0.25) is 5.02 Å². The second-order valence-electron chi connectivity index (χ2n) is 18.7. The SMILES string of the molecule is CCCCCCCCCCCCCCc1ccc(N=Cc2ccc(C(=O)Oc3ccc(Cl)c(OC(=O)c4ccc(C=Nc5ccc(CCCCCCCCCCCCCC)cc5)cc4)c3)cc2)cc1. The fraction of sp³-hybridized carbons (Fsp3) is 0.452. The summed E-state index contributed by atoms with van der Waals surface area (Å²) in [4.78, 5) is 35.5. The number of esters is 2. The average molecular weight is 952 g/mol. The van der Waals surface area contributed by atoms with Crippen molar-refractivity contribution in [2.75, 3.05) is 0 Å². The number of ether oxygens (including phenoxy) is 2. The summed E-state index contributed by atoms with van der Waals surface area (Å²) in [7, 11) is 0. The summed E-state index contributed by atoms with van der Waals surface area (Å²) in [5, 5.41) is 0.213. The molecule has 7 heteroatoms. The Labute approximate surface area is 420 Å². The number of aliphatic imine (C=N–C) groups is 2. The molecule has 0 aromatic heterocycles. The fourth-order valence-electron chi connectivity index (χ4n) is 8.50. The van der Waals surface area contributed by atoms with Crippen LogP contribution in [-0.4, -0.2) is 24.4 Å². The normalized spacial score (nSPS) is 11.5. The van der Waals surface area contributed by atoms with Crippen LogP contribution in [0.25, 0.3) is 0 Å². The van der Waals surface area contributed by atoms with Crippen molar-refractivity contribution < 1.29 is 19.1 Å². The molecule has 0 atom stereocenters. The van der Waals surface area contributed by atoms with E-state index in [9.17, 15) is 9.59 Å². The molecule has 5 aromatic rings. The third-order valence-corrected chi connectivity index (χ3v) is 13.2. The molecule has 0 saturated carbocycles. The topological polar surface area (TPSA) is 77.3 Å². The van der Waals surface area contributed by atoms with E-state index in [4.69, 9.17) is 21.1 Å². The van der Waals surface area contributed by atoms with Crippen LogP contribution in [0.4, 0.5) is 11.4 Å². The number of rotatable bonds is 34. The number of carbonyl (C=O) groups excluding carboxylic acids is 2. The minimum Gasteiger partial charge on any atom is -0.423 e. The highest BCUT2D eigenvalue weighted by Gasteiger charge is 2.15. The lowest BCUT2D eigenvalue weighted by Gasteiger charge is -2.10. The monoisotopic (exact) mass is 951 g/mol. The fourth-order valence-corrected chi connectivity index (χ4v) is 8.65. The molecule has 0 unspecified atom stereocenters. The van der Waals surface area contributed by atoms with Crippen molar-refractivity contribution >= 4 is 47.3 Å². The Bertz CT molecular complexity index is 2250. The molecular formula is C62H79ClN2O4. The van der Waals surface area contributed by atoms with Gasteiger partial charge >= 0.3 is 11.9 Å². The molecule has 0 aliphatic carbocycles. The molecule has 0 heterocycles. The number of unbranched alkanes of at least 4 members (excludes halogenated alkanes) is 22. The zero-order valence-corrected chi connectivity index (χ0v) is 42.7. The number of hydrogen-bond donors (Lipinski definition) is 0. The molecule has 0 spiro atoms. The van der Waals surface area contributed by atoms with Gasteiger partial charge in [-0.3, -0.25) is 9.98 Å². The van der Waals surface area contributed by atoms with Gasteiger partial charge in [0.2, 0.25) is 0 Å². The lowest BCUT2D eigenvalue weighted by molar-refractivity contribution is 0.0732. The first kappa shape index (κ1) is 54.6. The van der Waals surface area contributed by atoms with Gasteiger partial charge in [-0.1, -0.05) is 215 Å². The van der Waals surface area contributed by atoms with E-state index in [-0.39, 0.29) is 16.5 Å². The van der Waals surface area contributed by atoms with E-state index < -0.39 is 11.9 Å². The summed E-state index contributed by atoms with van der Waals surface area (Å²) in [5.74, 6) is -0.853. The summed E-state index contributed by atoms with van der Waals surface area (Å²) >= 11 is 6.40. The maximum absolute atomic E-state index is 13.1. The number of carbonyl (C=O) groups is 2. The Morgan fingerprint density at radius 3 is 1.14 bits per heavy atom. The average Bonchev–Trinajstić information content (AvgIpc) is 3.37. The van der Waals surface area contributed by atoms with Crippen molar-refractivity contribution in [3.05, 3.63) is 154 Å². The Hall–Kier alpha value is -5.33. The van der Waals surface area contributed by atoms with Crippen LogP contribution in [0.15, 0.2) is 125 Å². The number of nitrogens with zero attached hydrogens (tertiary/aromatic N) is 2. The zero-order valence-electron chi connectivity index (χ0n) is 41.9. The minimum absolute atomic E-state index is 0.0868. The Balaban J connectivity index is 0.975. The highest BCUT2D eigenvalue weighted by Crippen LogP contribution is 2.30. The Morgan fingerprint density at radius 2 is 0.768 bits per heavy atom. The molecule has 0 aliphatic heterocycles. The Morgan fingerprint density at radius 1 is 0.420 bits per heavy atom. The lowest BCUT2D eigenvalue weighted by Crippen LogP contribution is -2.10. The third-order valence-electron chi connectivity index (χ3n) is 12.8. The molecular weight excluding hydrogens is 872 g/mol. The van der Waals surface area contributed by atoms with Crippen molar-refractivity contribution in [3.8, 4) is 11.5 Å². The van der Waals surface area contributed by atoms with E-state index in [2.05, 4.69) is 72.4 Å². The maximum Gasteiger partial charge on any atom is 0.343 e. The first-order valence-corrected chi connectivity index (χ1v) is 27.0. The number of hydrogen-bond acceptors (Lipinski definition) is 6. The van der Waals surface area contributed by atoms with E-state index >= 15 is 0 Å². The molecule has 0 fully saturated rings. The molecule has 0 amide bonds. The van der Waals surface area contributed by atoms with Gasteiger partial charge in [0.25, 0.3) is 0 Å². The number of halogens is 1. The lowest BCUT2D eigenvalue weighted by atomic mass is 10.0. The molecule has 368 valence electrons. The van der Waals surface area contributed by atoms with Crippen molar-refractivity contribution in [2.45, 2.75) is 181 Å². The summed E-state index contributed by atoms with van der Waals surface area (Å²) < 4.78 is 11.3. The van der Waals surface area contributed by atoms with Crippen LogP contribution >= 0.6 is 11.6 Å². The summed E-state index contributed by atoms with van der Waals surface area (Å²) in [6.45, 7) is 4.55. The van der Waals surface area contributed by atoms with Crippen molar-refractivity contribution in [3.63, 3.8) is 0 Å². The van der Waals surface area contributed by atoms with Gasteiger partial charge in [0.1, 0.15) is 5.75 Å². The van der Waals surface area contributed by atoms with Gasteiger partial charge in [-0.05, 0) is 109 Å². The summed E-state index contributed by atoms with van der Waals surface area (Å²) in [6, 6.07) is 35.5. The van der Waals surface area contributed by atoms with Crippen molar-refractivity contribution in [1.82, 2.24) is 0 Å². The van der Waals surface area contributed by atoms with Crippen LogP contribution in [0.1, 0.15) is 211 Å². The van der Waals surface area contributed by atoms with Crippen LogP contribution in [0.5, 0.6) is 11.5 Å². The highest BCUT2D eigenvalue weighted by molar-refractivity contribution is 6.32. The van der Waals surface area contributed by atoms with Gasteiger partial charge in [0.05, 0.1) is 27.5 Å². The maximum atomic E-state index is 13.1. The van der Waals surface area contributed by atoms with E-state index in [0.717, 1.165) is 35.3 Å². The predicted molar refractivity (Wildman–Crippen MR) is 291 cm³/mol. The van der Waals surface area contributed by atoms with E-state index in [1.807, 2.05) is 24.3 Å². The Kier molecular flexibility index (Phi) is 26.3. The molecule has 5 rings (SSSR count). The number of aryl methyl sites for hydroxylation is 2. The largest absolute Gasteiger partial charge is 0.423 e. The highest BCUT2D eigenvalue weighted by atomic mass is 35.5. The molecule has 5 aromatic carbocycles. The number of benzene rings is 5. The zero-order chi connectivity index (χ0) is 48.6. The second-order valence-corrected chi connectivity index (χ2v) is 19.1. The van der Waals surface area contributed by atoms with Crippen molar-refractivity contribution in [2.24, 2.45) is 9.98 Å². The molecule has 0 radical (unpaired) electrons. The van der Waals surface area contributed by atoms with Crippen LogP contribution in [0, 0.1) is 0 Å². The van der Waals surface area contributed by atoms with Crippen LogP contribution in [0.3, 0.4) is 0 Å². The minimum atomic E-state index is -0.587. The van der Waals surface area contributed by atoms with Gasteiger partial charge in [-0.2, -0.15) is 0 Å². The van der Waals surface area contributed by atoms with Gasteiger partial charge in [0, 0.05) is 18.5 Å². The molecule has 0 saturated heterocycles. The second kappa shape index (κ2) is 33.2. The molecule has 6 nitrogen and oxygen atoms in total. The van der Waals surface area contributed by atoms with Gasteiger partial charge in [0.15, 0.2) is 5.75 Å². The molecule has 0 bridgehead atoms. The smallest absolute Gasteiger partial charge is 0.343 e. The third kappa shape index (κ3) is 22.3. The van der Waals surface area contributed by atoms with E-state index in [1.165, 1.54) is 177 Å². The van der Waals surface area contributed by atoms with Crippen molar-refractivity contribution in [1.29, 1.82) is 0 Å². The molecule has 0 N–H and O–H groups in total. The standard InChI is InChI=1S/C62H79ClN2O4/c1-3-5-7-9-11-13-15-17-19-21-23-25-27-50-33-41-56(42-34-50)64-48-52-29-37-54(38-30-52)61(66)68-58-45-46-59(63)60(47-58)69-62(67)55-39-31-53(32-40-55)49-65-57-43-35-51(36-44-57)28-26-24-22-20-18-16-14-12-10-8-6-4-2/h29-49H,3-28H2,1-2H3.